The van der Waals surface area contributed by atoms with E-state index >= 15 is 0 Å². The van der Waals surface area contributed by atoms with Crippen LogP contribution in [-0.2, 0) is 29.0 Å². The van der Waals surface area contributed by atoms with Gasteiger partial charge in [-0.05, 0) is 23.1 Å². The molecule has 0 unspecified atom stereocenters. The summed E-state index contributed by atoms with van der Waals surface area (Å²) in [4.78, 5) is 23.2. The standard InChI is InChI=1S/C20H21NO4/c22-11-10-20(24)13-17-9-5-4-8-16(17)12-18(20)21-19(23)25-14-15-6-2-1-3-7-15/h1-9,11,18,24H,10,12-14H2,(H,21,23)/t18-,20-/m1/s1. The van der Waals surface area contributed by atoms with Gasteiger partial charge in [0.2, 0.25) is 0 Å². The van der Waals surface area contributed by atoms with Gasteiger partial charge in [0.1, 0.15) is 12.9 Å². The second-order valence-electron chi connectivity index (χ2n) is 6.38. The van der Waals surface area contributed by atoms with Gasteiger partial charge in [-0.25, -0.2) is 4.79 Å². The number of aldehydes is 1. The van der Waals surface area contributed by atoms with E-state index in [0.717, 1.165) is 16.7 Å². The van der Waals surface area contributed by atoms with Crippen LogP contribution in [0.4, 0.5) is 4.79 Å². The summed E-state index contributed by atoms with van der Waals surface area (Å²) >= 11 is 0. The minimum Gasteiger partial charge on any atom is -0.445 e. The number of carbonyl (C=O) groups is 2. The van der Waals surface area contributed by atoms with Crippen molar-refractivity contribution in [1.82, 2.24) is 5.32 Å². The number of fused-ring (bicyclic) bond motifs is 1. The summed E-state index contributed by atoms with van der Waals surface area (Å²) in [5.74, 6) is 0. The van der Waals surface area contributed by atoms with Crippen molar-refractivity contribution in [2.45, 2.75) is 37.5 Å². The molecule has 25 heavy (non-hydrogen) atoms. The molecule has 2 aromatic rings. The molecule has 0 saturated carbocycles. The van der Waals surface area contributed by atoms with Gasteiger partial charge in [-0.1, -0.05) is 54.6 Å². The van der Waals surface area contributed by atoms with Gasteiger partial charge in [-0.15, -0.1) is 0 Å². The number of hydrogen-bond acceptors (Lipinski definition) is 4. The molecule has 0 saturated heterocycles. The Morgan fingerprint density at radius 3 is 2.56 bits per heavy atom. The van der Waals surface area contributed by atoms with Crippen LogP contribution in [0, 0.1) is 0 Å². The molecule has 1 aliphatic carbocycles. The van der Waals surface area contributed by atoms with Gasteiger partial charge in [0, 0.05) is 12.8 Å². The maximum Gasteiger partial charge on any atom is 0.407 e. The number of ether oxygens (including phenoxy) is 1. The first-order chi connectivity index (χ1) is 12.1. The average Bonchev–Trinajstić information content (AvgIpc) is 2.62. The Labute approximate surface area is 146 Å². The molecule has 0 fully saturated rings. The summed E-state index contributed by atoms with van der Waals surface area (Å²) < 4.78 is 5.24. The fraction of sp³-hybridized carbons (Fsp3) is 0.300. The number of amides is 1. The van der Waals surface area contributed by atoms with Crippen LogP contribution in [0.5, 0.6) is 0 Å². The zero-order valence-electron chi connectivity index (χ0n) is 13.9. The number of benzene rings is 2. The third kappa shape index (κ3) is 4.06. The van der Waals surface area contributed by atoms with Crippen LogP contribution in [0.2, 0.25) is 0 Å². The molecule has 5 heteroatoms. The molecule has 1 amide bonds. The van der Waals surface area contributed by atoms with Crippen molar-refractivity contribution in [2.24, 2.45) is 0 Å². The Hall–Kier alpha value is -2.66. The molecule has 0 aliphatic heterocycles. The summed E-state index contributed by atoms with van der Waals surface area (Å²) in [6.45, 7) is 0.155. The molecule has 130 valence electrons. The van der Waals surface area contributed by atoms with Crippen molar-refractivity contribution >= 4 is 12.4 Å². The lowest BCUT2D eigenvalue weighted by atomic mass is 9.75. The van der Waals surface area contributed by atoms with Gasteiger partial charge in [-0.2, -0.15) is 0 Å². The molecule has 2 atom stereocenters. The molecule has 5 nitrogen and oxygen atoms in total. The quantitative estimate of drug-likeness (QED) is 0.820. The van der Waals surface area contributed by atoms with Gasteiger partial charge in [0.05, 0.1) is 11.6 Å². The normalized spacial score (nSPS) is 21.9. The first-order valence-electron chi connectivity index (χ1n) is 8.31. The number of alkyl carbamates (subject to hydrolysis) is 1. The fourth-order valence-electron chi connectivity index (χ4n) is 3.24. The lowest BCUT2D eigenvalue weighted by molar-refractivity contribution is -0.114. The van der Waals surface area contributed by atoms with Gasteiger partial charge < -0.3 is 20.0 Å². The van der Waals surface area contributed by atoms with Crippen LogP contribution in [-0.4, -0.2) is 29.1 Å². The van der Waals surface area contributed by atoms with Crippen LogP contribution in [0.3, 0.4) is 0 Å². The van der Waals surface area contributed by atoms with Crippen LogP contribution in [0.15, 0.2) is 54.6 Å². The largest absolute Gasteiger partial charge is 0.445 e. The number of nitrogens with one attached hydrogen (secondary N) is 1. The van der Waals surface area contributed by atoms with E-state index in [1.54, 1.807) is 0 Å². The van der Waals surface area contributed by atoms with Crippen molar-refractivity contribution < 1.29 is 19.4 Å². The lowest BCUT2D eigenvalue weighted by Crippen LogP contribution is -2.57. The molecular formula is C20H21NO4. The summed E-state index contributed by atoms with van der Waals surface area (Å²) in [5.41, 5.74) is 1.64. The number of hydrogen-bond donors (Lipinski definition) is 2. The lowest BCUT2D eigenvalue weighted by Gasteiger charge is -2.40. The monoisotopic (exact) mass is 339 g/mol. The van der Waals surface area contributed by atoms with Crippen LogP contribution in [0.1, 0.15) is 23.1 Å². The van der Waals surface area contributed by atoms with Crippen LogP contribution < -0.4 is 5.32 Å². The van der Waals surface area contributed by atoms with Crippen LogP contribution >= 0.6 is 0 Å². The van der Waals surface area contributed by atoms with E-state index in [0.29, 0.717) is 19.1 Å². The summed E-state index contributed by atoms with van der Waals surface area (Å²) in [6.07, 6.45) is 0.840. The molecule has 1 aliphatic rings. The molecule has 2 aromatic carbocycles. The van der Waals surface area contributed by atoms with Gasteiger partial charge in [0.25, 0.3) is 0 Å². The Kier molecular flexibility index (Phi) is 5.14. The van der Waals surface area contributed by atoms with Gasteiger partial charge >= 0.3 is 6.09 Å². The first-order valence-corrected chi connectivity index (χ1v) is 8.31. The highest BCUT2D eigenvalue weighted by Gasteiger charge is 2.41. The zero-order chi connectivity index (χ0) is 17.7. The smallest absolute Gasteiger partial charge is 0.407 e. The Balaban J connectivity index is 1.68. The van der Waals surface area contributed by atoms with Crippen molar-refractivity contribution in [3.05, 3.63) is 71.3 Å². The fourth-order valence-corrected chi connectivity index (χ4v) is 3.24. The predicted octanol–water partition coefficient (Wildman–Crippen LogP) is 2.40. The highest BCUT2D eigenvalue weighted by Crippen LogP contribution is 2.31. The van der Waals surface area contributed by atoms with Crippen molar-refractivity contribution in [1.29, 1.82) is 0 Å². The molecular weight excluding hydrogens is 318 g/mol. The second kappa shape index (κ2) is 7.49. The van der Waals surface area contributed by atoms with E-state index in [2.05, 4.69) is 5.32 Å². The Morgan fingerprint density at radius 2 is 1.84 bits per heavy atom. The molecule has 0 heterocycles. The van der Waals surface area contributed by atoms with E-state index in [1.807, 2.05) is 54.6 Å². The minimum atomic E-state index is -1.30. The Morgan fingerprint density at radius 1 is 1.16 bits per heavy atom. The van der Waals surface area contributed by atoms with Gasteiger partial charge in [-0.3, -0.25) is 0 Å². The molecule has 2 N–H and O–H groups in total. The average molecular weight is 339 g/mol. The molecule has 0 radical (unpaired) electrons. The minimum absolute atomic E-state index is 0.0367. The first kappa shape index (κ1) is 17.2. The number of aliphatic hydroxyl groups is 1. The highest BCUT2D eigenvalue weighted by atomic mass is 16.5. The maximum absolute atomic E-state index is 12.2. The van der Waals surface area contributed by atoms with Gasteiger partial charge in [0.15, 0.2) is 0 Å². The van der Waals surface area contributed by atoms with E-state index in [-0.39, 0.29) is 13.0 Å². The number of rotatable bonds is 5. The highest BCUT2D eigenvalue weighted by molar-refractivity contribution is 5.68. The van der Waals surface area contributed by atoms with Crippen molar-refractivity contribution in [2.75, 3.05) is 0 Å². The summed E-state index contributed by atoms with van der Waals surface area (Å²) in [6, 6.07) is 16.5. The van der Waals surface area contributed by atoms with Crippen molar-refractivity contribution in [3.63, 3.8) is 0 Å². The second-order valence-corrected chi connectivity index (χ2v) is 6.38. The number of carbonyl (C=O) groups excluding carboxylic acids is 2. The SMILES string of the molecule is O=CC[C@@]1(O)Cc2ccccc2C[C@H]1NC(=O)OCc1ccccc1. The zero-order valence-corrected chi connectivity index (χ0v) is 13.9. The van der Waals surface area contributed by atoms with Crippen molar-refractivity contribution in [3.8, 4) is 0 Å². The molecule has 0 spiro atoms. The summed E-state index contributed by atoms with van der Waals surface area (Å²) in [5, 5.41) is 13.6. The third-order valence-corrected chi connectivity index (χ3v) is 4.63. The maximum atomic E-state index is 12.2. The predicted molar refractivity (Wildman–Crippen MR) is 93.0 cm³/mol. The van der Waals surface area contributed by atoms with E-state index < -0.39 is 17.7 Å². The van der Waals surface area contributed by atoms with E-state index in [1.165, 1.54) is 0 Å². The molecule has 0 bridgehead atoms. The summed E-state index contributed by atoms with van der Waals surface area (Å²) in [7, 11) is 0. The van der Waals surface area contributed by atoms with E-state index in [9.17, 15) is 14.7 Å². The topological polar surface area (TPSA) is 75.6 Å². The third-order valence-electron chi connectivity index (χ3n) is 4.63. The van der Waals surface area contributed by atoms with Crippen LogP contribution in [0.25, 0.3) is 0 Å². The molecule has 3 rings (SSSR count). The molecule has 0 aromatic heterocycles. The Bertz CT molecular complexity index is 746. The van der Waals surface area contributed by atoms with E-state index in [4.69, 9.17) is 4.74 Å².